The summed E-state index contributed by atoms with van der Waals surface area (Å²) in [6, 6.07) is 6.05. The minimum atomic E-state index is -3.08. The van der Waals surface area contributed by atoms with Crippen LogP contribution in [0.3, 0.4) is 0 Å². The highest BCUT2D eigenvalue weighted by atomic mass is 127. The number of alkyl halides is 2. The molecule has 130 valence electrons. The summed E-state index contributed by atoms with van der Waals surface area (Å²) in [4.78, 5) is 28.2. The number of H-pyrrole nitrogens is 1. The van der Waals surface area contributed by atoms with E-state index in [9.17, 15) is 18.4 Å². The molecule has 2 N–H and O–H groups in total. The third kappa shape index (κ3) is 3.58. The number of fused-ring (bicyclic) bond motifs is 1. The van der Waals surface area contributed by atoms with Crippen LogP contribution in [0.4, 0.5) is 8.78 Å². The van der Waals surface area contributed by atoms with Gasteiger partial charge in [0.2, 0.25) is 5.91 Å². The maximum atomic E-state index is 13.4. The van der Waals surface area contributed by atoms with Crippen LogP contribution in [0.15, 0.2) is 24.4 Å². The van der Waals surface area contributed by atoms with E-state index in [0.29, 0.717) is 10.9 Å². The van der Waals surface area contributed by atoms with Crippen LogP contribution in [0.5, 0.6) is 0 Å². The van der Waals surface area contributed by atoms with E-state index >= 15 is 0 Å². The van der Waals surface area contributed by atoms with Crippen LogP contribution in [0.25, 0.3) is 10.9 Å². The molecule has 25 heavy (non-hydrogen) atoms. The number of nitriles is 1. The molecule has 0 bridgehead atoms. The fourth-order valence-corrected chi connectivity index (χ4v) is 3.32. The minimum absolute atomic E-state index is 0.364. The number of amides is 2. The lowest BCUT2D eigenvalue weighted by molar-refractivity contribution is -0.131. The molecule has 1 fully saturated rings. The number of benzene rings is 1. The number of likely N-dealkylation sites (tertiary alicyclic amines) is 1. The molecular formula is C16H13F2IN4O2. The molecule has 2 heterocycles. The first-order valence-corrected chi connectivity index (χ1v) is 8.50. The highest BCUT2D eigenvalue weighted by Crippen LogP contribution is 2.31. The Kier molecular flexibility index (Phi) is 4.64. The van der Waals surface area contributed by atoms with Crippen molar-refractivity contribution in [2.45, 2.75) is 18.4 Å². The molecule has 2 amide bonds. The van der Waals surface area contributed by atoms with E-state index < -0.39 is 43.3 Å². The van der Waals surface area contributed by atoms with Crippen molar-refractivity contribution in [1.29, 1.82) is 5.26 Å². The van der Waals surface area contributed by atoms with E-state index in [2.05, 4.69) is 32.9 Å². The molecule has 1 aliphatic heterocycles. The smallest absolute Gasteiger partial charge is 0.268 e. The topological polar surface area (TPSA) is 89.0 Å². The summed E-state index contributed by atoms with van der Waals surface area (Å²) in [7, 11) is 0. The Morgan fingerprint density at radius 3 is 2.96 bits per heavy atom. The van der Waals surface area contributed by atoms with E-state index in [4.69, 9.17) is 5.26 Å². The van der Waals surface area contributed by atoms with Gasteiger partial charge in [-0.15, -0.1) is 0 Å². The van der Waals surface area contributed by atoms with Crippen molar-refractivity contribution in [1.82, 2.24) is 15.2 Å². The Labute approximate surface area is 155 Å². The molecule has 9 heteroatoms. The third-order valence-corrected chi connectivity index (χ3v) is 4.70. The van der Waals surface area contributed by atoms with Crippen molar-refractivity contribution >= 4 is 45.3 Å². The van der Waals surface area contributed by atoms with Crippen molar-refractivity contribution in [3.63, 3.8) is 0 Å². The van der Waals surface area contributed by atoms with E-state index in [1.54, 1.807) is 12.1 Å². The number of nitrogens with zero attached hydrogens (tertiary/aromatic N) is 2. The number of nitrogens with one attached hydrogen (secondary N) is 2. The minimum Gasteiger partial charge on any atom is -0.360 e. The van der Waals surface area contributed by atoms with Crippen molar-refractivity contribution < 1.29 is 18.4 Å². The molecule has 3 rings (SSSR count). The normalized spacial score (nSPS) is 19.0. The second kappa shape index (κ2) is 6.59. The van der Waals surface area contributed by atoms with E-state index in [0.717, 1.165) is 14.0 Å². The van der Waals surface area contributed by atoms with Crippen LogP contribution in [-0.4, -0.2) is 46.8 Å². The van der Waals surface area contributed by atoms with Gasteiger partial charge in [0.15, 0.2) is 0 Å². The largest absolute Gasteiger partial charge is 0.360 e. The molecule has 0 saturated carbocycles. The number of carbonyl (C=O) groups is 2. The summed E-state index contributed by atoms with van der Waals surface area (Å²) in [6.45, 7) is -1.24. The van der Waals surface area contributed by atoms with Gasteiger partial charge in [0.05, 0.1) is 24.7 Å². The van der Waals surface area contributed by atoms with Gasteiger partial charge in [-0.2, -0.15) is 5.26 Å². The molecule has 0 aliphatic carbocycles. The number of carbonyl (C=O) groups excluding carboxylic acids is 2. The van der Waals surface area contributed by atoms with Crippen LogP contribution >= 0.6 is 22.6 Å². The van der Waals surface area contributed by atoms with Gasteiger partial charge in [0.25, 0.3) is 11.8 Å². The molecule has 1 aromatic carbocycles. The van der Waals surface area contributed by atoms with Gasteiger partial charge in [-0.1, -0.05) is 6.07 Å². The molecule has 0 unspecified atom stereocenters. The third-order valence-electron chi connectivity index (χ3n) is 4.03. The molecule has 1 saturated heterocycles. The first kappa shape index (κ1) is 17.6. The van der Waals surface area contributed by atoms with Crippen molar-refractivity contribution in [2.75, 3.05) is 13.1 Å². The van der Waals surface area contributed by atoms with Crippen LogP contribution < -0.4 is 5.32 Å². The summed E-state index contributed by atoms with van der Waals surface area (Å²) in [5, 5.41) is 12.1. The van der Waals surface area contributed by atoms with Crippen LogP contribution in [0.2, 0.25) is 0 Å². The van der Waals surface area contributed by atoms with Gasteiger partial charge in [0.1, 0.15) is 6.04 Å². The van der Waals surface area contributed by atoms with Crippen LogP contribution in [0.1, 0.15) is 16.8 Å². The lowest BCUT2D eigenvalue weighted by Crippen LogP contribution is -2.42. The first-order valence-electron chi connectivity index (χ1n) is 7.42. The Bertz CT molecular complexity index is 890. The Balaban J connectivity index is 1.67. The average molecular weight is 458 g/mol. The fourth-order valence-electron chi connectivity index (χ4n) is 2.83. The number of hydrogen-bond acceptors (Lipinski definition) is 3. The van der Waals surface area contributed by atoms with E-state index in [1.165, 1.54) is 6.20 Å². The molecule has 1 aromatic heterocycles. The summed E-state index contributed by atoms with van der Waals surface area (Å²) >= 11 is 2.15. The number of rotatable bonds is 3. The van der Waals surface area contributed by atoms with Gasteiger partial charge >= 0.3 is 0 Å². The molecule has 1 aliphatic rings. The Morgan fingerprint density at radius 1 is 1.48 bits per heavy atom. The maximum Gasteiger partial charge on any atom is 0.268 e. The SMILES string of the molecule is N#C[C@@H]1CC(F)(F)CN1C(=O)CNC(=O)c1c[nH]c2cc(I)ccc12. The predicted octanol–water partition coefficient (Wildman–Crippen LogP) is 2.26. The zero-order valence-corrected chi connectivity index (χ0v) is 15.0. The second-order valence-corrected chi connectivity index (χ2v) is 7.05. The molecule has 0 radical (unpaired) electrons. The van der Waals surface area contributed by atoms with E-state index in [-0.39, 0.29) is 0 Å². The lowest BCUT2D eigenvalue weighted by atomic mass is 10.1. The second-order valence-electron chi connectivity index (χ2n) is 5.80. The molecule has 6 nitrogen and oxygen atoms in total. The highest BCUT2D eigenvalue weighted by Gasteiger charge is 2.47. The van der Waals surface area contributed by atoms with Crippen molar-refractivity contribution in [3.8, 4) is 6.07 Å². The quantitative estimate of drug-likeness (QED) is 0.692. The fraction of sp³-hybridized carbons (Fsp3) is 0.312. The molecule has 2 aromatic rings. The molecule has 1 atom stereocenters. The molecule has 0 spiro atoms. The summed E-state index contributed by atoms with van der Waals surface area (Å²) in [6.07, 6.45) is 0.854. The number of hydrogen-bond donors (Lipinski definition) is 2. The summed E-state index contributed by atoms with van der Waals surface area (Å²) in [5.74, 6) is -4.26. The summed E-state index contributed by atoms with van der Waals surface area (Å²) in [5.41, 5.74) is 1.15. The number of halogens is 3. The Hall–Kier alpha value is -2.22. The first-order chi connectivity index (χ1) is 11.8. The van der Waals surface area contributed by atoms with Gasteiger partial charge in [-0.05, 0) is 34.7 Å². The van der Waals surface area contributed by atoms with Gasteiger partial charge in [0, 0.05) is 27.1 Å². The van der Waals surface area contributed by atoms with Crippen LogP contribution in [0, 0.1) is 14.9 Å². The van der Waals surface area contributed by atoms with Gasteiger partial charge < -0.3 is 15.2 Å². The zero-order valence-electron chi connectivity index (χ0n) is 12.9. The highest BCUT2D eigenvalue weighted by molar-refractivity contribution is 14.1. The van der Waals surface area contributed by atoms with E-state index in [1.807, 2.05) is 12.1 Å². The monoisotopic (exact) mass is 458 g/mol. The predicted molar refractivity (Wildman–Crippen MR) is 94.0 cm³/mol. The average Bonchev–Trinajstić information content (AvgIpc) is 3.11. The summed E-state index contributed by atoms with van der Waals surface area (Å²) < 4.78 is 27.8. The van der Waals surface area contributed by atoms with Crippen molar-refractivity contribution in [2.24, 2.45) is 0 Å². The van der Waals surface area contributed by atoms with Crippen molar-refractivity contribution in [3.05, 3.63) is 33.5 Å². The lowest BCUT2D eigenvalue weighted by Gasteiger charge is -2.19. The Morgan fingerprint density at radius 2 is 2.24 bits per heavy atom. The standard InChI is InChI=1S/C16H13F2IN4O2/c17-16(18)4-10(5-20)23(8-16)14(24)7-22-15(25)12-6-21-13-3-9(19)1-2-11(12)13/h1-3,6,10,21H,4,7-8H2,(H,22,25)/t10-/m0/s1. The molecular weight excluding hydrogens is 445 g/mol. The van der Waals surface area contributed by atoms with Gasteiger partial charge in [-0.25, -0.2) is 8.78 Å². The zero-order chi connectivity index (χ0) is 18.2. The number of aromatic amines is 1. The number of aromatic nitrogens is 1. The van der Waals surface area contributed by atoms with Gasteiger partial charge in [-0.3, -0.25) is 9.59 Å². The van der Waals surface area contributed by atoms with Crippen LogP contribution in [-0.2, 0) is 4.79 Å². The maximum absolute atomic E-state index is 13.4.